The van der Waals surface area contributed by atoms with Crippen LogP contribution in [0.25, 0.3) is 23.0 Å². The van der Waals surface area contributed by atoms with Crippen LogP contribution in [-0.4, -0.2) is 19.9 Å². The molecule has 0 spiro atoms. The van der Waals surface area contributed by atoms with Crippen LogP contribution >= 0.6 is 11.6 Å². The fourth-order valence-corrected chi connectivity index (χ4v) is 2.47. The van der Waals surface area contributed by atoms with Gasteiger partial charge in [-0.3, -0.25) is 0 Å². The molecule has 0 saturated carbocycles. The van der Waals surface area contributed by atoms with Gasteiger partial charge >= 0.3 is 0 Å². The van der Waals surface area contributed by atoms with Crippen molar-refractivity contribution < 1.29 is 13.7 Å². The lowest BCUT2D eigenvalue weighted by Gasteiger charge is -2.05. The SMILES string of the molecule is Fc1ccc(-c2noc(-c3ccn(COc4cccc(Cl)c4)n3)n2)cc1. The van der Waals surface area contributed by atoms with Crippen molar-refractivity contribution in [3.63, 3.8) is 0 Å². The first-order valence-electron chi connectivity index (χ1n) is 7.69. The predicted molar refractivity (Wildman–Crippen MR) is 93.0 cm³/mol. The van der Waals surface area contributed by atoms with Crippen molar-refractivity contribution in [1.82, 2.24) is 19.9 Å². The Bertz CT molecular complexity index is 1030. The van der Waals surface area contributed by atoms with Crippen LogP contribution in [0.3, 0.4) is 0 Å². The van der Waals surface area contributed by atoms with E-state index < -0.39 is 0 Å². The Morgan fingerprint density at radius 3 is 2.77 bits per heavy atom. The van der Waals surface area contributed by atoms with Crippen LogP contribution in [-0.2, 0) is 6.73 Å². The van der Waals surface area contributed by atoms with E-state index in [9.17, 15) is 4.39 Å². The molecule has 0 amide bonds. The van der Waals surface area contributed by atoms with E-state index in [0.717, 1.165) is 0 Å². The van der Waals surface area contributed by atoms with Gasteiger partial charge in [-0.1, -0.05) is 22.8 Å². The number of aromatic nitrogens is 4. The van der Waals surface area contributed by atoms with Crippen molar-refractivity contribution in [2.75, 3.05) is 0 Å². The molecule has 0 aliphatic rings. The van der Waals surface area contributed by atoms with E-state index in [0.29, 0.717) is 27.9 Å². The van der Waals surface area contributed by atoms with E-state index in [1.54, 1.807) is 41.2 Å². The van der Waals surface area contributed by atoms with Crippen molar-refractivity contribution in [2.45, 2.75) is 6.73 Å². The highest BCUT2D eigenvalue weighted by Crippen LogP contribution is 2.21. The summed E-state index contributed by atoms with van der Waals surface area (Å²) in [6.07, 6.45) is 1.74. The summed E-state index contributed by atoms with van der Waals surface area (Å²) in [4.78, 5) is 4.29. The summed E-state index contributed by atoms with van der Waals surface area (Å²) in [5.74, 6) is 0.956. The maximum atomic E-state index is 13.0. The molecule has 130 valence electrons. The highest BCUT2D eigenvalue weighted by atomic mass is 35.5. The van der Waals surface area contributed by atoms with Crippen LogP contribution < -0.4 is 4.74 Å². The van der Waals surface area contributed by atoms with E-state index >= 15 is 0 Å². The zero-order chi connectivity index (χ0) is 17.9. The molecule has 0 bridgehead atoms. The number of rotatable bonds is 5. The molecule has 0 N–H and O–H groups in total. The minimum absolute atomic E-state index is 0.208. The summed E-state index contributed by atoms with van der Waals surface area (Å²) < 4.78 is 25.5. The summed E-state index contributed by atoms with van der Waals surface area (Å²) in [5.41, 5.74) is 1.17. The van der Waals surface area contributed by atoms with Crippen LogP contribution in [0.4, 0.5) is 4.39 Å². The number of hydrogen-bond donors (Lipinski definition) is 0. The van der Waals surface area contributed by atoms with Gasteiger partial charge in [0, 0.05) is 16.8 Å². The van der Waals surface area contributed by atoms with Gasteiger partial charge in [0.1, 0.15) is 11.6 Å². The van der Waals surface area contributed by atoms with E-state index in [-0.39, 0.29) is 18.4 Å². The Morgan fingerprint density at radius 1 is 1.12 bits per heavy atom. The summed E-state index contributed by atoms with van der Waals surface area (Å²) >= 11 is 5.92. The maximum absolute atomic E-state index is 13.0. The van der Waals surface area contributed by atoms with Crippen molar-refractivity contribution >= 4 is 11.6 Å². The molecule has 0 unspecified atom stereocenters. The Hall–Kier alpha value is -3.19. The Balaban J connectivity index is 1.47. The molecule has 2 aromatic carbocycles. The van der Waals surface area contributed by atoms with Crippen LogP contribution in [0.5, 0.6) is 5.75 Å². The second-order valence-electron chi connectivity index (χ2n) is 5.40. The molecule has 26 heavy (non-hydrogen) atoms. The lowest BCUT2D eigenvalue weighted by atomic mass is 10.2. The molecule has 0 aliphatic carbocycles. The monoisotopic (exact) mass is 370 g/mol. The maximum Gasteiger partial charge on any atom is 0.278 e. The van der Waals surface area contributed by atoms with Crippen molar-refractivity contribution in [2.24, 2.45) is 0 Å². The third-order valence-electron chi connectivity index (χ3n) is 3.55. The normalized spacial score (nSPS) is 10.8. The van der Waals surface area contributed by atoms with Gasteiger partial charge in [-0.15, -0.1) is 0 Å². The van der Waals surface area contributed by atoms with Crippen molar-refractivity contribution in [3.05, 3.63) is 71.6 Å². The molecular formula is C18H12ClFN4O2. The summed E-state index contributed by atoms with van der Waals surface area (Å²) in [5, 5.41) is 8.84. The molecule has 0 saturated heterocycles. The highest BCUT2D eigenvalue weighted by molar-refractivity contribution is 6.30. The van der Waals surface area contributed by atoms with Crippen LogP contribution in [0.15, 0.2) is 65.3 Å². The molecule has 4 aromatic rings. The standard InChI is InChI=1S/C18H12ClFN4O2/c19-13-2-1-3-15(10-13)25-11-24-9-8-16(22-24)18-21-17(23-26-18)12-4-6-14(20)7-5-12/h1-10H,11H2. The molecule has 8 heteroatoms. The molecular weight excluding hydrogens is 359 g/mol. The fraction of sp³-hybridized carbons (Fsp3) is 0.0556. The first-order chi connectivity index (χ1) is 12.7. The van der Waals surface area contributed by atoms with Crippen molar-refractivity contribution in [3.8, 4) is 28.7 Å². The topological polar surface area (TPSA) is 66.0 Å². The van der Waals surface area contributed by atoms with Gasteiger partial charge in [0.25, 0.3) is 5.89 Å². The van der Waals surface area contributed by atoms with Gasteiger partial charge in [0.2, 0.25) is 5.82 Å². The van der Waals surface area contributed by atoms with Gasteiger partial charge < -0.3 is 9.26 Å². The van der Waals surface area contributed by atoms with Gasteiger partial charge in [-0.05, 0) is 48.5 Å². The van der Waals surface area contributed by atoms with E-state index in [1.807, 2.05) is 12.1 Å². The summed E-state index contributed by atoms with van der Waals surface area (Å²) in [7, 11) is 0. The van der Waals surface area contributed by atoms with E-state index in [2.05, 4.69) is 15.2 Å². The molecule has 0 atom stereocenters. The first kappa shape index (κ1) is 16.3. The number of hydrogen-bond acceptors (Lipinski definition) is 5. The van der Waals surface area contributed by atoms with Gasteiger partial charge in [0.05, 0.1) is 0 Å². The van der Waals surface area contributed by atoms with E-state index in [4.69, 9.17) is 20.9 Å². The average molecular weight is 371 g/mol. The fourth-order valence-electron chi connectivity index (χ4n) is 2.29. The zero-order valence-corrected chi connectivity index (χ0v) is 14.1. The molecule has 2 aromatic heterocycles. The molecule has 6 nitrogen and oxygen atoms in total. The van der Waals surface area contributed by atoms with Gasteiger partial charge in [0.15, 0.2) is 12.4 Å². The van der Waals surface area contributed by atoms with E-state index in [1.165, 1.54) is 12.1 Å². The quantitative estimate of drug-likeness (QED) is 0.520. The third-order valence-corrected chi connectivity index (χ3v) is 3.78. The lowest BCUT2D eigenvalue weighted by Crippen LogP contribution is -2.05. The first-order valence-corrected chi connectivity index (χ1v) is 8.07. The van der Waals surface area contributed by atoms with Gasteiger partial charge in [-0.25, -0.2) is 9.07 Å². The third kappa shape index (κ3) is 3.57. The Labute approximate surface area is 152 Å². The Morgan fingerprint density at radius 2 is 1.96 bits per heavy atom. The molecule has 0 radical (unpaired) electrons. The number of nitrogens with zero attached hydrogens (tertiary/aromatic N) is 4. The molecule has 0 fully saturated rings. The minimum atomic E-state index is -0.323. The van der Waals surface area contributed by atoms with Crippen LogP contribution in [0.2, 0.25) is 5.02 Å². The smallest absolute Gasteiger partial charge is 0.278 e. The number of halogens is 2. The number of ether oxygens (including phenoxy) is 1. The van der Waals surface area contributed by atoms with Crippen LogP contribution in [0, 0.1) is 5.82 Å². The average Bonchev–Trinajstić information content (AvgIpc) is 3.30. The number of benzene rings is 2. The molecule has 0 aliphatic heterocycles. The van der Waals surface area contributed by atoms with Crippen molar-refractivity contribution in [1.29, 1.82) is 0 Å². The lowest BCUT2D eigenvalue weighted by molar-refractivity contribution is 0.221. The molecule has 4 rings (SSSR count). The summed E-state index contributed by atoms with van der Waals surface area (Å²) in [6, 6.07) is 14.7. The minimum Gasteiger partial charge on any atom is -0.471 e. The highest BCUT2D eigenvalue weighted by Gasteiger charge is 2.13. The molecule has 2 heterocycles. The zero-order valence-electron chi connectivity index (χ0n) is 13.3. The largest absolute Gasteiger partial charge is 0.471 e. The predicted octanol–water partition coefficient (Wildman–Crippen LogP) is 4.43. The van der Waals surface area contributed by atoms with Gasteiger partial charge in [-0.2, -0.15) is 10.1 Å². The second-order valence-corrected chi connectivity index (χ2v) is 5.84. The Kier molecular flexibility index (Phi) is 4.37. The summed E-state index contributed by atoms with van der Waals surface area (Å²) in [6.45, 7) is 0.208. The second kappa shape index (κ2) is 6.97. The van der Waals surface area contributed by atoms with Crippen LogP contribution in [0.1, 0.15) is 0 Å².